The molecule has 22 heavy (non-hydrogen) atoms. The van der Waals surface area contributed by atoms with Gasteiger partial charge in [0.2, 0.25) is 5.91 Å². The number of nitrogens with zero attached hydrogens (tertiary/aromatic N) is 1. The van der Waals surface area contributed by atoms with Crippen molar-refractivity contribution in [2.24, 2.45) is 16.5 Å². The largest absolute Gasteiger partial charge is 0.480 e. The third kappa shape index (κ3) is 14.4. The number of guanidine groups is 1. The summed E-state index contributed by atoms with van der Waals surface area (Å²) >= 11 is 0. The Morgan fingerprint density at radius 2 is 1.91 bits per heavy atom. The van der Waals surface area contributed by atoms with E-state index in [1.807, 2.05) is 0 Å². The standard InChI is InChI=1S/C12H22N4O5.ClH/c1-8(17)21-9(4-2-3-5-15-12(13)14)6-10(18)16-7-11(19)20;/h9H,2-7H2,1H3,(H,16,18)(H,19,20)(H4,13,14,15);1H. The maximum Gasteiger partial charge on any atom is 0.322 e. The number of hydrogen-bond acceptors (Lipinski definition) is 5. The number of carboxylic acids is 1. The first-order valence-corrected chi connectivity index (χ1v) is 6.52. The minimum absolute atomic E-state index is 0. The molecular formula is C12H23ClN4O5. The highest BCUT2D eigenvalue weighted by atomic mass is 35.5. The Kier molecular flexibility index (Phi) is 12.8. The zero-order valence-corrected chi connectivity index (χ0v) is 13.2. The van der Waals surface area contributed by atoms with Gasteiger partial charge < -0.3 is 26.6 Å². The number of carbonyl (C=O) groups excluding carboxylic acids is 2. The van der Waals surface area contributed by atoms with E-state index in [0.717, 1.165) is 0 Å². The lowest BCUT2D eigenvalue weighted by atomic mass is 10.1. The molecule has 0 saturated carbocycles. The van der Waals surface area contributed by atoms with Crippen LogP contribution in [0.3, 0.4) is 0 Å². The lowest BCUT2D eigenvalue weighted by Gasteiger charge is -2.16. The van der Waals surface area contributed by atoms with Crippen LogP contribution in [0.4, 0.5) is 0 Å². The number of hydrogen-bond donors (Lipinski definition) is 4. The first kappa shape index (κ1) is 22.3. The summed E-state index contributed by atoms with van der Waals surface area (Å²) in [4.78, 5) is 36.6. The maximum atomic E-state index is 11.5. The van der Waals surface area contributed by atoms with Crippen LogP contribution in [-0.4, -0.2) is 48.1 Å². The van der Waals surface area contributed by atoms with Crippen LogP contribution in [0.2, 0.25) is 0 Å². The van der Waals surface area contributed by atoms with Gasteiger partial charge in [-0.2, -0.15) is 0 Å². The van der Waals surface area contributed by atoms with Crippen molar-refractivity contribution in [3.63, 3.8) is 0 Å². The van der Waals surface area contributed by atoms with E-state index in [1.165, 1.54) is 6.92 Å². The molecule has 0 aromatic carbocycles. The topological polar surface area (TPSA) is 157 Å². The van der Waals surface area contributed by atoms with Crippen LogP contribution in [0.25, 0.3) is 0 Å². The molecule has 0 aliphatic heterocycles. The molecule has 0 rings (SSSR count). The molecular weight excluding hydrogens is 316 g/mol. The van der Waals surface area contributed by atoms with Gasteiger partial charge in [-0.25, -0.2) is 0 Å². The monoisotopic (exact) mass is 338 g/mol. The van der Waals surface area contributed by atoms with Crippen molar-refractivity contribution in [1.82, 2.24) is 5.32 Å². The molecule has 0 aromatic heterocycles. The number of aliphatic imine (C=N–C) groups is 1. The van der Waals surface area contributed by atoms with E-state index in [4.69, 9.17) is 21.3 Å². The second-order valence-corrected chi connectivity index (χ2v) is 4.41. The van der Waals surface area contributed by atoms with Crippen LogP contribution < -0.4 is 16.8 Å². The summed E-state index contributed by atoms with van der Waals surface area (Å²) in [6.07, 6.45) is 1.17. The average molecular weight is 339 g/mol. The first-order valence-electron chi connectivity index (χ1n) is 6.52. The molecule has 0 aliphatic rings. The molecule has 0 aliphatic carbocycles. The van der Waals surface area contributed by atoms with Gasteiger partial charge >= 0.3 is 11.9 Å². The Bertz CT molecular complexity index is 399. The summed E-state index contributed by atoms with van der Waals surface area (Å²) in [7, 11) is 0. The number of nitrogens with one attached hydrogen (secondary N) is 1. The number of ether oxygens (including phenoxy) is 1. The van der Waals surface area contributed by atoms with Crippen molar-refractivity contribution in [3.05, 3.63) is 0 Å². The molecule has 0 bridgehead atoms. The number of rotatable bonds is 10. The second-order valence-electron chi connectivity index (χ2n) is 4.41. The predicted octanol–water partition coefficient (Wildman–Crippen LogP) is -0.625. The van der Waals surface area contributed by atoms with E-state index in [2.05, 4.69) is 10.3 Å². The fourth-order valence-corrected chi connectivity index (χ4v) is 1.58. The molecule has 0 aromatic rings. The number of carbonyl (C=O) groups is 3. The Labute approximate surface area is 134 Å². The molecule has 0 spiro atoms. The SMILES string of the molecule is CC(=O)OC(CCCCN=C(N)N)CC(=O)NCC(=O)O.Cl. The number of unbranched alkanes of at least 4 members (excludes halogenated alkanes) is 1. The minimum Gasteiger partial charge on any atom is -0.480 e. The molecule has 0 saturated heterocycles. The lowest BCUT2D eigenvalue weighted by Crippen LogP contribution is -2.33. The van der Waals surface area contributed by atoms with Crippen molar-refractivity contribution in [1.29, 1.82) is 0 Å². The molecule has 0 fully saturated rings. The highest BCUT2D eigenvalue weighted by Crippen LogP contribution is 2.10. The van der Waals surface area contributed by atoms with Crippen LogP contribution in [0.5, 0.6) is 0 Å². The fourth-order valence-electron chi connectivity index (χ4n) is 1.58. The van der Waals surface area contributed by atoms with Crippen LogP contribution in [0.1, 0.15) is 32.6 Å². The van der Waals surface area contributed by atoms with Gasteiger partial charge in [0.25, 0.3) is 0 Å². The van der Waals surface area contributed by atoms with Gasteiger partial charge in [-0.3, -0.25) is 19.4 Å². The van der Waals surface area contributed by atoms with E-state index in [1.54, 1.807) is 0 Å². The number of nitrogens with two attached hydrogens (primary N) is 2. The summed E-state index contributed by atoms with van der Waals surface area (Å²) in [5.41, 5.74) is 10.4. The smallest absolute Gasteiger partial charge is 0.322 e. The number of halogens is 1. The van der Waals surface area contributed by atoms with Crippen molar-refractivity contribution in [3.8, 4) is 0 Å². The fraction of sp³-hybridized carbons (Fsp3) is 0.667. The van der Waals surface area contributed by atoms with Gasteiger partial charge in [-0.1, -0.05) is 0 Å². The second kappa shape index (κ2) is 12.7. The van der Waals surface area contributed by atoms with Gasteiger partial charge in [0, 0.05) is 13.5 Å². The molecule has 1 atom stereocenters. The number of esters is 1. The van der Waals surface area contributed by atoms with Gasteiger partial charge in [-0.05, 0) is 19.3 Å². The Balaban J connectivity index is 0. The van der Waals surface area contributed by atoms with Crippen molar-refractivity contribution in [2.45, 2.75) is 38.7 Å². The molecule has 6 N–H and O–H groups in total. The zero-order valence-electron chi connectivity index (χ0n) is 12.4. The van der Waals surface area contributed by atoms with Gasteiger partial charge in [0.15, 0.2) is 5.96 Å². The molecule has 1 amide bonds. The molecule has 9 nitrogen and oxygen atoms in total. The zero-order chi connectivity index (χ0) is 16.3. The van der Waals surface area contributed by atoms with Gasteiger partial charge in [-0.15, -0.1) is 12.4 Å². The van der Waals surface area contributed by atoms with Crippen LogP contribution in [0, 0.1) is 0 Å². The quantitative estimate of drug-likeness (QED) is 0.179. The minimum atomic E-state index is -1.13. The number of carboxylic acid groups (broad SMARTS) is 1. The molecule has 1 unspecified atom stereocenters. The Morgan fingerprint density at radius 1 is 1.27 bits per heavy atom. The van der Waals surface area contributed by atoms with E-state index in [0.29, 0.717) is 25.8 Å². The molecule has 0 heterocycles. The molecule has 0 radical (unpaired) electrons. The predicted molar refractivity (Wildman–Crippen MR) is 82.6 cm³/mol. The number of amides is 1. The third-order valence-corrected chi connectivity index (χ3v) is 2.41. The van der Waals surface area contributed by atoms with E-state index in [-0.39, 0.29) is 24.8 Å². The van der Waals surface area contributed by atoms with Gasteiger partial charge in [0.1, 0.15) is 12.6 Å². The first-order chi connectivity index (χ1) is 9.81. The van der Waals surface area contributed by atoms with Crippen LogP contribution in [0.15, 0.2) is 4.99 Å². The Hall–Kier alpha value is -2.03. The summed E-state index contributed by atoms with van der Waals surface area (Å²) < 4.78 is 5.02. The van der Waals surface area contributed by atoms with Crippen molar-refractivity contribution in [2.75, 3.05) is 13.1 Å². The van der Waals surface area contributed by atoms with Crippen LogP contribution >= 0.6 is 12.4 Å². The summed E-state index contributed by atoms with van der Waals surface area (Å²) in [6, 6.07) is 0. The molecule has 10 heteroatoms. The van der Waals surface area contributed by atoms with Gasteiger partial charge in [0.05, 0.1) is 6.42 Å². The number of aliphatic carboxylic acids is 1. The highest BCUT2D eigenvalue weighted by Gasteiger charge is 2.17. The summed E-state index contributed by atoms with van der Waals surface area (Å²) in [5, 5.41) is 10.7. The Morgan fingerprint density at radius 3 is 2.41 bits per heavy atom. The summed E-state index contributed by atoms with van der Waals surface area (Å²) in [6.45, 7) is 1.25. The lowest BCUT2D eigenvalue weighted by molar-refractivity contribution is -0.148. The summed E-state index contributed by atoms with van der Waals surface area (Å²) in [5.74, 6) is -2.09. The van der Waals surface area contributed by atoms with Crippen molar-refractivity contribution < 1.29 is 24.2 Å². The van der Waals surface area contributed by atoms with E-state index in [9.17, 15) is 14.4 Å². The van der Waals surface area contributed by atoms with E-state index >= 15 is 0 Å². The molecule has 128 valence electrons. The average Bonchev–Trinajstić information content (AvgIpc) is 2.34. The maximum absolute atomic E-state index is 11.5. The normalized spacial score (nSPS) is 10.8. The highest BCUT2D eigenvalue weighted by molar-refractivity contribution is 5.85. The van der Waals surface area contributed by atoms with E-state index < -0.39 is 30.5 Å². The van der Waals surface area contributed by atoms with Crippen molar-refractivity contribution >= 4 is 36.2 Å². The third-order valence-electron chi connectivity index (χ3n) is 2.41. The van der Waals surface area contributed by atoms with Crippen LogP contribution in [-0.2, 0) is 19.1 Å².